The largest absolute Gasteiger partial charge is 0.497 e. The minimum absolute atomic E-state index is 0.0311. The lowest BCUT2D eigenvalue weighted by Crippen LogP contribution is -2.27. The second kappa shape index (κ2) is 7.70. The van der Waals surface area contributed by atoms with Gasteiger partial charge in [-0.3, -0.25) is 9.36 Å². The zero-order valence-corrected chi connectivity index (χ0v) is 14.1. The van der Waals surface area contributed by atoms with Crippen LogP contribution in [-0.2, 0) is 17.8 Å². The van der Waals surface area contributed by atoms with Crippen LogP contribution in [-0.4, -0.2) is 29.1 Å². The lowest BCUT2D eigenvalue weighted by molar-refractivity contribution is -0.120. The Hall–Kier alpha value is -3.02. The SMILES string of the molecule is COc1ccc(CC(=O)NCCCn2c(=O)[nH]c3ccccc32)cc1. The number of para-hydroxylation sites is 2. The smallest absolute Gasteiger partial charge is 0.326 e. The molecule has 0 aliphatic carbocycles. The number of aryl methyl sites for hydroxylation is 1. The van der Waals surface area contributed by atoms with Crippen molar-refractivity contribution in [2.45, 2.75) is 19.4 Å². The Morgan fingerprint density at radius 2 is 1.92 bits per heavy atom. The van der Waals surface area contributed by atoms with Crippen molar-refractivity contribution in [3.63, 3.8) is 0 Å². The number of aromatic nitrogens is 2. The Balaban J connectivity index is 1.48. The Morgan fingerprint density at radius 3 is 2.68 bits per heavy atom. The van der Waals surface area contributed by atoms with Gasteiger partial charge in [-0.15, -0.1) is 0 Å². The molecular formula is C19H21N3O3. The number of carbonyl (C=O) groups excluding carboxylic acids is 1. The average Bonchev–Trinajstić information content (AvgIpc) is 2.95. The number of rotatable bonds is 7. The van der Waals surface area contributed by atoms with Crippen molar-refractivity contribution in [1.82, 2.24) is 14.9 Å². The first kappa shape index (κ1) is 16.8. The molecule has 2 N–H and O–H groups in total. The Morgan fingerprint density at radius 1 is 1.16 bits per heavy atom. The first-order chi connectivity index (χ1) is 12.2. The van der Waals surface area contributed by atoms with Crippen LogP contribution in [0.15, 0.2) is 53.3 Å². The number of methoxy groups -OCH3 is 1. The average molecular weight is 339 g/mol. The number of hydrogen-bond acceptors (Lipinski definition) is 3. The summed E-state index contributed by atoms with van der Waals surface area (Å²) >= 11 is 0. The monoisotopic (exact) mass is 339 g/mol. The summed E-state index contributed by atoms with van der Waals surface area (Å²) in [5.41, 5.74) is 2.53. The number of benzene rings is 2. The molecule has 3 aromatic rings. The fourth-order valence-electron chi connectivity index (χ4n) is 2.79. The van der Waals surface area contributed by atoms with E-state index in [0.29, 0.717) is 25.9 Å². The van der Waals surface area contributed by atoms with E-state index in [9.17, 15) is 9.59 Å². The van der Waals surface area contributed by atoms with E-state index in [1.54, 1.807) is 11.7 Å². The van der Waals surface area contributed by atoms with Crippen LogP contribution in [0.4, 0.5) is 0 Å². The zero-order chi connectivity index (χ0) is 17.6. The fraction of sp³-hybridized carbons (Fsp3) is 0.263. The van der Waals surface area contributed by atoms with Gasteiger partial charge in [-0.2, -0.15) is 0 Å². The number of nitrogens with zero attached hydrogens (tertiary/aromatic N) is 1. The van der Waals surface area contributed by atoms with E-state index in [0.717, 1.165) is 22.3 Å². The number of carbonyl (C=O) groups is 1. The van der Waals surface area contributed by atoms with E-state index in [-0.39, 0.29) is 11.6 Å². The molecule has 0 radical (unpaired) electrons. The van der Waals surface area contributed by atoms with E-state index in [1.807, 2.05) is 48.5 Å². The van der Waals surface area contributed by atoms with Gasteiger partial charge < -0.3 is 15.0 Å². The van der Waals surface area contributed by atoms with E-state index in [2.05, 4.69) is 10.3 Å². The Kier molecular flexibility index (Phi) is 5.18. The highest BCUT2D eigenvalue weighted by atomic mass is 16.5. The molecule has 0 saturated heterocycles. The highest BCUT2D eigenvalue weighted by Gasteiger charge is 2.06. The molecule has 1 aromatic heterocycles. The number of ether oxygens (including phenoxy) is 1. The third-order valence-corrected chi connectivity index (χ3v) is 4.09. The van der Waals surface area contributed by atoms with Crippen LogP contribution in [0, 0.1) is 0 Å². The van der Waals surface area contributed by atoms with Crippen molar-refractivity contribution >= 4 is 16.9 Å². The summed E-state index contributed by atoms with van der Waals surface area (Å²) in [5, 5.41) is 2.89. The molecule has 2 aromatic carbocycles. The Bertz CT molecular complexity index is 910. The molecule has 0 bridgehead atoms. The fourth-order valence-corrected chi connectivity index (χ4v) is 2.79. The second-order valence-corrected chi connectivity index (χ2v) is 5.83. The van der Waals surface area contributed by atoms with Crippen molar-refractivity contribution in [1.29, 1.82) is 0 Å². The summed E-state index contributed by atoms with van der Waals surface area (Å²) in [6.45, 7) is 1.09. The van der Waals surface area contributed by atoms with Crippen LogP contribution in [0.25, 0.3) is 11.0 Å². The highest BCUT2D eigenvalue weighted by Crippen LogP contribution is 2.12. The third-order valence-electron chi connectivity index (χ3n) is 4.09. The second-order valence-electron chi connectivity index (χ2n) is 5.83. The van der Waals surface area contributed by atoms with Crippen LogP contribution >= 0.6 is 0 Å². The number of hydrogen-bond donors (Lipinski definition) is 2. The molecule has 130 valence electrons. The molecule has 0 aliphatic rings. The predicted octanol–water partition coefficient (Wildman–Crippen LogP) is 2.09. The van der Waals surface area contributed by atoms with Crippen molar-refractivity contribution in [3.05, 3.63) is 64.6 Å². The van der Waals surface area contributed by atoms with Gasteiger partial charge in [-0.25, -0.2) is 4.79 Å². The predicted molar refractivity (Wildman–Crippen MR) is 96.9 cm³/mol. The summed E-state index contributed by atoms with van der Waals surface area (Å²) in [6, 6.07) is 15.0. The molecule has 0 spiro atoms. The molecule has 3 rings (SSSR count). The van der Waals surface area contributed by atoms with Gasteiger partial charge in [0, 0.05) is 13.1 Å². The highest BCUT2D eigenvalue weighted by molar-refractivity contribution is 5.78. The number of imidazole rings is 1. The van der Waals surface area contributed by atoms with Gasteiger partial charge in [-0.05, 0) is 36.2 Å². The molecular weight excluding hydrogens is 318 g/mol. The molecule has 25 heavy (non-hydrogen) atoms. The van der Waals surface area contributed by atoms with Crippen molar-refractivity contribution in [2.75, 3.05) is 13.7 Å². The van der Waals surface area contributed by atoms with Crippen LogP contribution in [0.2, 0.25) is 0 Å². The first-order valence-corrected chi connectivity index (χ1v) is 8.24. The quantitative estimate of drug-likeness (QED) is 0.647. The molecule has 0 aliphatic heterocycles. The van der Waals surface area contributed by atoms with Gasteiger partial charge >= 0.3 is 5.69 Å². The number of nitrogens with one attached hydrogen (secondary N) is 2. The van der Waals surface area contributed by atoms with Crippen molar-refractivity contribution < 1.29 is 9.53 Å². The number of fused-ring (bicyclic) bond motifs is 1. The van der Waals surface area contributed by atoms with E-state index in [1.165, 1.54) is 0 Å². The van der Waals surface area contributed by atoms with Gasteiger partial charge in [0.15, 0.2) is 0 Å². The zero-order valence-electron chi connectivity index (χ0n) is 14.1. The molecule has 0 unspecified atom stereocenters. The minimum atomic E-state index is -0.120. The number of H-pyrrole nitrogens is 1. The topological polar surface area (TPSA) is 76.1 Å². The van der Waals surface area contributed by atoms with E-state index < -0.39 is 0 Å². The summed E-state index contributed by atoms with van der Waals surface area (Å²) in [5.74, 6) is 0.741. The normalized spacial score (nSPS) is 10.8. The maximum atomic E-state index is 12.0. The molecule has 6 nitrogen and oxygen atoms in total. The minimum Gasteiger partial charge on any atom is -0.497 e. The summed E-state index contributed by atoms with van der Waals surface area (Å²) in [4.78, 5) is 26.8. The van der Waals surface area contributed by atoms with Gasteiger partial charge in [0.2, 0.25) is 5.91 Å². The molecule has 1 amide bonds. The van der Waals surface area contributed by atoms with Gasteiger partial charge in [0.1, 0.15) is 5.75 Å². The van der Waals surface area contributed by atoms with Crippen molar-refractivity contribution in [3.8, 4) is 5.75 Å². The van der Waals surface area contributed by atoms with Crippen LogP contribution in [0.3, 0.4) is 0 Å². The molecule has 0 atom stereocenters. The summed E-state index contributed by atoms with van der Waals surface area (Å²) < 4.78 is 6.80. The molecule has 6 heteroatoms. The van der Waals surface area contributed by atoms with E-state index >= 15 is 0 Å². The summed E-state index contributed by atoms with van der Waals surface area (Å²) in [7, 11) is 1.61. The number of amides is 1. The lowest BCUT2D eigenvalue weighted by Gasteiger charge is -2.07. The molecule has 0 fully saturated rings. The molecule has 1 heterocycles. The van der Waals surface area contributed by atoms with Crippen LogP contribution in [0.1, 0.15) is 12.0 Å². The van der Waals surface area contributed by atoms with Gasteiger partial charge in [-0.1, -0.05) is 24.3 Å². The van der Waals surface area contributed by atoms with Gasteiger partial charge in [0.05, 0.1) is 24.6 Å². The standard InChI is InChI=1S/C19H21N3O3/c1-25-15-9-7-14(8-10-15)13-18(23)20-11-4-12-22-17-6-3-2-5-16(17)21-19(22)24/h2-3,5-10H,4,11-13H2,1H3,(H,20,23)(H,21,24). The van der Waals surface area contributed by atoms with Crippen molar-refractivity contribution in [2.24, 2.45) is 0 Å². The molecule has 0 saturated carbocycles. The van der Waals surface area contributed by atoms with Crippen LogP contribution < -0.4 is 15.7 Å². The van der Waals surface area contributed by atoms with Crippen LogP contribution in [0.5, 0.6) is 5.75 Å². The number of aromatic amines is 1. The van der Waals surface area contributed by atoms with E-state index in [4.69, 9.17) is 4.74 Å². The maximum Gasteiger partial charge on any atom is 0.326 e. The first-order valence-electron chi connectivity index (χ1n) is 8.24. The lowest BCUT2D eigenvalue weighted by atomic mass is 10.1. The maximum absolute atomic E-state index is 12.0. The summed E-state index contributed by atoms with van der Waals surface area (Å²) in [6.07, 6.45) is 1.02. The third kappa shape index (κ3) is 4.09. The van der Waals surface area contributed by atoms with Gasteiger partial charge in [0.25, 0.3) is 0 Å². The Labute approximate surface area is 145 Å².